The molecule has 2 aliphatic carbocycles. The highest BCUT2D eigenvalue weighted by atomic mass is 35.5. The first kappa shape index (κ1) is 20.5. The van der Waals surface area contributed by atoms with E-state index < -0.39 is 5.92 Å². The Labute approximate surface area is 183 Å². The summed E-state index contributed by atoms with van der Waals surface area (Å²) in [6.07, 6.45) is 0.523. The first-order valence-corrected chi connectivity index (χ1v) is 10.2. The molecule has 2 aliphatic rings. The quantitative estimate of drug-likeness (QED) is 0.627. The van der Waals surface area contributed by atoms with E-state index in [0.29, 0.717) is 28.7 Å². The van der Waals surface area contributed by atoms with Crippen LogP contribution < -0.4 is 0 Å². The van der Waals surface area contributed by atoms with Crippen molar-refractivity contribution in [1.82, 2.24) is 0 Å². The van der Waals surface area contributed by atoms with Crippen molar-refractivity contribution in [1.29, 1.82) is 0 Å². The third-order valence-corrected chi connectivity index (χ3v) is 6.35. The van der Waals surface area contributed by atoms with Crippen LogP contribution in [0.4, 0.5) is 0 Å². The molecule has 150 valence electrons. The molecule has 0 bridgehead atoms. The van der Waals surface area contributed by atoms with E-state index in [1.165, 1.54) is 0 Å². The number of carbonyl (C=O) groups is 4. The van der Waals surface area contributed by atoms with Crippen molar-refractivity contribution in [2.24, 2.45) is 5.92 Å². The van der Waals surface area contributed by atoms with Gasteiger partial charge in [-0.05, 0) is 18.8 Å². The Morgan fingerprint density at radius 2 is 1.10 bits per heavy atom. The van der Waals surface area contributed by atoms with Gasteiger partial charge in [0.05, 0.1) is 10.1 Å². The number of carbonyl (C=O) groups excluding carboxylic acids is 4. The number of Topliss-reactive ketones (excluding diaryl/α,β-unsaturated/α-hetero) is 4. The lowest BCUT2D eigenvalue weighted by Crippen LogP contribution is -2.24. The fraction of sp³-hybridized carbons (Fsp3) is 0.167. The second kappa shape index (κ2) is 7.78. The maximum atomic E-state index is 13.0. The molecule has 0 saturated heterocycles. The van der Waals surface area contributed by atoms with E-state index in [2.05, 4.69) is 0 Å². The van der Waals surface area contributed by atoms with Gasteiger partial charge in [-0.25, -0.2) is 0 Å². The Hall–Kier alpha value is -2.82. The van der Waals surface area contributed by atoms with E-state index in [9.17, 15) is 19.2 Å². The molecule has 4 nitrogen and oxygen atoms in total. The van der Waals surface area contributed by atoms with Crippen LogP contribution in [0.2, 0.25) is 0 Å². The van der Waals surface area contributed by atoms with E-state index in [1.807, 2.05) is 0 Å². The Morgan fingerprint density at radius 1 is 0.667 bits per heavy atom. The highest BCUT2D eigenvalue weighted by Crippen LogP contribution is 2.36. The average Bonchev–Trinajstić information content (AvgIpc) is 2.76. The van der Waals surface area contributed by atoms with Gasteiger partial charge in [0.1, 0.15) is 0 Å². The summed E-state index contributed by atoms with van der Waals surface area (Å²) >= 11 is 12.5. The van der Waals surface area contributed by atoms with Crippen LogP contribution in [0.3, 0.4) is 0 Å². The van der Waals surface area contributed by atoms with Gasteiger partial charge in [0.15, 0.2) is 11.6 Å². The minimum absolute atomic E-state index is 0.0948. The van der Waals surface area contributed by atoms with Crippen LogP contribution in [0, 0.1) is 5.92 Å². The van der Waals surface area contributed by atoms with Gasteiger partial charge in [-0.1, -0.05) is 78.7 Å². The number of hydrogen-bond acceptors (Lipinski definition) is 4. The Kier molecular flexibility index (Phi) is 5.31. The third-order valence-electron chi connectivity index (χ3n) is 5.57. The summed E-state index contributed by atoms with van der Waals surface area (Å²) in [5.41, 5.74) is 1.68. The van der Waals surface area contributed by atoms with Gasteiger partial charge in [-0.2, -0.15) is 0 Å². The van der Waals surface area contributed by atoms with Crippen molar-refractivity contribution in [2.75, 3.05) is 0 Å². The lowest BCUT2D eigenvalue weighted by molar-refractivity contribution is 0.0968. The number of allylic oxidation sites excluding steroid dienone is 4. The Bertz CT molecular complexity index is 1200. The SMILES string of the molecule is CC(CCC1=C(Cl)C(=O)c2ccccc2C1=O)C1=C(Cl)C(=O)c2ccccc2C1=O. The maximum absolute atomic E-state index is 13.0. The molecule has 0 amide bonds. The van der Waals surface area contributed by atoms with E-state index in [0.717, 1.165) is 0 Å². The lowest BCUT2D eigenvalue weighted by atomic mass is 9.80. The standard InChI is InChI=1S/C24H16Cl2O4/c1-12(18-20(26)24(30)16-9-5-3-7-14(16)22(18)28)10-11-17-19(25)23(29)15-8-4-2-6-13(15)21(17)27/h2-9,12H,10-11H2,1H3. The van der Waals surface area contributed by atoms with Crippen LogP contribution in [0.1, 0.15) is 61.2 Å². The third kappa shape index (κ3) is 3.17. The van der Waals surface area contributed by atoms with Crippen molar-refractivity contribution in [3.63, 3.8) is 0 Å². The van der Waals surface area contributed by atoms with Crippen molar-refractivity contribution < 1.29 is 19.2 Å². The van der Waals surface area contributed by atoms with Crippen molar-refractivity contribution in [3.05, 3.63) is 92.0 Å². The van der Waals surface area contributed by atoms with Crippen LogP contribution in [-0.4, -0.2) is 23.1 Å². The maximum Gasteiger partial charge on any atom is 0.205 e. The van der Waals surface area contributed by atoms with Gasteiger partial charge in [0.25, 0.3) is 0 Å². The number of ketones is 4. The molecule has 0 saturated carbocycles. The zero-order valence-electron chi connectivity index (χ0n) is 16.0. The minimum atomic E-state index is -0.403. The second-order valence-corrected chi connectivity index (χ2v) is 8.12. The molecule has 2 aromatic rings. The minimum Gasteiger partial charge on any atom is -0.289 e. The molecule has 0 N–H and O–H groups in total. The molecule has 1 atom stereocenters. The zero-order chi connectivity index (χ0) is 21.6. The normalized spacial score (nSPS) is 17.3. The molecule has 30 heavy (non-hydrogen) atoms. The predicted molar refractivity (Wildman–Crippen MR) is 114 cm³/mol. The van der Waals surface area contributed by atoms with Gasteiger partial charge in [0.2, 0.25) is 11.6 Å². The fourth-order valence-electron chi connectivity index (χ4n) is 3.93. The van der Waals surface area contributed by atoms with Crippen LogP contribution in [-0.2, 0) is 0 Å². The monoisotopic (exact) mass is 438 g/mol. The number of hydrogen-bond donors (Lipinski definition) is 0. The summed E-state index contributed by atoms with van der Waals surface area (Å²) in [4.78, 5) is 50.9. The largest absolute Gasteiger partial charge is 0.289 e. The molecular weight excluding hydrogens is 423 g/mol. The summed E-state index contributed by atoms with van der Waals surface area (Å²) in [6, 6.07) is 13.1. The molecule has 0 spiro atoms. The fourth-order valence-corrected chi connectivity index (χ4v) is 4.59. The van der Waals surface area contributed by atoms with Crippen molar-refractivity contribution in [3.8, 4) is 0 Å². The van der Waals surface area contributed by atoms with E-state index >= 15 is 0 Å². The smallest absolute Gasteiger partial charge is 0.205 e. The highest BCUT2D eigenvalue weighted by Gasteiger charge is 2.35. The lowest BCUT2D eigenvalue weighted by Gasteiger charge is -2.23. The summed E-state index contributed by atoms with van der Waals surface area (Å²) in [7, 11) is 0. The number of fused-ring (bicyclic) bond motifs is 2. The van der Waals surface area contributed by atoms with Gasteiger partial charge in [-0.3, -0.25) is 19.2 Å². The molecule has 1 unspecified atom stereocenters. The highest BCUT2D eigenvalue weighted by molar-refractivity contribution is 6.50. The van der Waals surface area contributed by atoms with Crippen LogP contribution >= 0.6 is 23.2 Å². The van der Waals surface area contributed by atoms with Crippen LogP contribution in [0.15, 0.2) is 69.7 Å². The van der Waals surface area contributed by atoms with Gasteiger partial charge in [-0.15, -0.1) is 0 Å². The number of halogens is 2. The average molecular weight is 439 g/mol. The summed E-state index contributed by atoms with van der Waals surface area (Å²) < 4.78 is 0. The molecule has 0 fully saturated rings. The van der Waals surface area contributed by atoms with Crippen molar-refractivity contribution in [2.45, 2.75) is 19.8 Å². The van der Waals surface area contributed by atoms with Gasteiger partial charge < -0.3 is 0 Å². The molecule has 4 rings (SSSR count). The van der Waals surface area contributed by atoms with Crippen molar-refractivity contribution >= 4 is 46.3 Å². The first-order valence-electron chi connectivity index (χ1n) is 9.48. The summed E-state index contributed by atoms with van der Waals surface area (Å²) in [6.45, 7) is 1.77. The van der Waals surface area contributed by atoms with Gasteiger partial charge >= 0.3 is 0 Å². The topological polar surface area (TPSA) is 68.3 Å². The second-order valence-electron chi connectivity index (χ2n) is 7.37. The van der Waals surface area contributed by atoms with E-state index in [-0.39, 0.29) is 50.8 Å². The molecule has 0 aliphatic heterocycles. The summed E-state index contributed by atoms with van der Waals surface area (Å²) in [5, 5.41) is -0.190. The van der Waals surface area contributed by atoms with E-state index in [4.69, 9.17) is 23.2 Å². The molecule has 2 aromatic carbocycles. The first-order chi connectivity index (χ1) is 14.3. The molecule has 0 radical (unpaired) electrons. The van der Waals surface area contributed by atoms with Gasteiger partial charge in [0, 0.05) is 33.4 Å². The molecule has 6 heteroatoms. The molecule has 0 aromatic heterocycles. The van der Waals surface area contributed by atoms with Crippen LogP contribution in [0.25, 0.3) is 0 Å². The number of rotatable bonds is 4. The molecule has 0 heterocycles. The Morgan fingerprint density at radius 3 is 1.63 bits per heavy atom. The Balaban J connectivity index is 1.61. The van der Waals surface area contributed by atoms with Crippen LogP contribution in [0.5, 0.6) is 0 Å². The molecular formula is C24H16Cl2O4. The van der Waals surface area contributed by atoms with E-state index in [1.54, 1.807) is 55.5 Å². The zero-order valence-corrected chi connectivity index (χ0v) is 17.5. The predicted octanol–water partition coefficient (Wildman–Crippen LogP) is 5.55. The number of benzene rings is 2. The summed E-state index contributed by atoms with van der Waals surface area (Å²) in [5.74, 6) is -1.76.